The van der Waals surface area contributed by atoms with Crippen LogP contribution < -0.4 is 15.0 Å². The molecule has 1 aromatic carbocycles. The highest BCUT2D eigenvalue weighted by Crippen LogP contribution is 2.31. The summed E-state index contributed by atoms with van der Waals surface area (Å²) >= 11 is 0. The van der Waals surface area contributed by atoms with Crippen molar-refractivity contribution in [2.75, 3.05) is 43.0 Å². The maximum atomic E-state index is 6.16. The van der Waals surface area contributed by atoms with Gasteiger partial charge in [-0.3, -0.25) is 9.88 Å². The van der Waals surface area contributed by atoms with E-state index in [0.717, 1.165) is 66.3 Å². The number of benzene rings is 1. The van der Waals surface area contributed by atoms with Crippen LogP contribution in [0, 0.1) is 12.8 Å². The van der Waals surface area contributed by atoms with Crippen LogP contribution in [-0.2, 0) is 6.54 Å². The number of nitrogens with zero attached hydrogens (tertiary/aromatic N) is 5. The molecule has 2 aliphatic heterocycles. The SMILES string of the molecule is Cc1cnccc1NCc1cccc(OC[C@@H]2CC[C@H]3CN(c4noc5ccccc45)CCN3C2)n1. The maximum Gasteiger partial charge on any atom is 0.213 e. The summed E-state index contributed by atoms with van der Waals surface area (Å²) in [4.78, 5) is 13.9. The Morgan fingerprint density at radius 3 is 2.94 bits per heavy atom. The van der Waals surface area contributed by atoms with E-state index in [1.54, 1.807) is 6.20 Å². The number of anilines is 2. The molecule has 6 rings (SSSR count). The number of fused-ring (bicyclic) bond motifs is 2. The van der Waals surface area contributed by atoms with Crippen LogP contribution >= 0.6 is 0 Å². The third kappa shape index (κ3) is 4.86. The molecule has 0 saturated carbocycles. The number of piperidine rings is 1. The van der Waals surface area contributed by atoms with Crippen LogP contribution in [-0.4, -0.2) is 58.9 Å². The Morgan fingerprint density at radius 1 is 1.06 bits per heavy atom. The normalized spacial score (nSPS) is 20.3. The van der Waals surface area contributed by atoms with Crippen molar-refractivity contribution in [1.82, 2.24) is 20.0 Å². The standard InChI is InChI=1S/C28H32N6O2/c1-20-15-29-12-11-25(20)30-16-22-5-4-8-27(31-22)35-19-21-9-10-23-18-34(14-13-33(23)17-21)28-24-6-2-3-7-26(24)36-32-28/h2-8,11-12,15,21,23H,9-10,13-14,16-19H2,1H3,(H,29,30)/t21-,23+/m1/s1. The minimum absolute atomic E-state index is 0.517. The van der Waals surface area contributed by atoms with E-state index in [1.807, 2.05) is 55.6 Å². The molecule has 0 bridgehead atoms. The summed E-state index contributed by atoms with van der Waals surface area (Å²) in [6.45, 7) is 7.47. The van der Waals surface area contributed by atoms with Crippen molar-refractivity contribution in [2.24, 2.45) is 5.92 Å². The maximum absolute atomic E-state index is 6.16. The highest BCUT2D eigenvalue weighted by atomic mass is 16.5. The van der Waals surface area contributed by atoms with Gasteiger partial charge in [0.15, 0.2) is 11.4 Å². The zero-order valence-electron chi connectivity index (χ0n) is 20.6. The second-order valence-electron chi connectivity index (χ2n) is 9.86. The number of hydrogen-bond donors (Lipinski definition) is 1. The largest absolute Gasteiger partial charge is 0.477 e. The molecule has 36 heavy (non-hydrogen) atoms. The van der Waals surface area contributed by atoms with Crippen LogP contribution in [0.15, 0.2) is 65.4 Å². The Bertz CT molecular complexity index is 1320. The second-order valence-corrected chi connectivity index (χ2v) is 9.86. The number of ether oxygens (including phenoxy) is 1. The van der Waals surface area contributed by atoms with E-state index in [1.165, 1.54) is 6.42 Å². The molecular formula is C28H32N6O2. The zero-order valence-corrected chi connectivity index (χ0v) is 20.6. The van der Waals surface area contributed by atoms with Crippen LogP contribution in [0.4, 0.5) is 11.5 Å². The second kappa shape index (κ2) is 10.1. The van der Waals surface area contributed by atoms with Crippen LogP contribution in [0.3, 0.4) is 0 Å². The fourth-order valence-electron chi connectivity index (χ4n) is 5.38. The number of piperazine rings is 1. The number of para-hydroxylation sites is 1. The molecule has 0 radical (unpaired) electrons. The third-order valence-corrected chi connectivity index (χ3v) is 7.39. The van der Waals surface area contributed by atoms with Gasteiger partial charge in [0.05, 0.1) is 24.2 Å². The van der Waals surface area contributed by atoms with Gasteiger partial charge in [-0.15, -0.1) is 0 Å². The van der Waals surface area contributed by atoms with Crippen molar-refractivity contribution in [2.45, 2.75) is 32.4 Å². The van der Waals surface area contributed by atoms with Gasteiger partial charge in [0.1, 0.15) is 0 Å². The summed E-state index contributed by atoms with van der Waals surface area (Å²) in [5.74, 6) is 2.20. The summed E-state index contributed by atoms with van der Waals surface area (Å²) in [6, 6.07) is 16.7. The lowest BCUT2D eigenvalue weighted by atomic mass is 9.91. The zero-order chi connectivity index (χ0) is 24.3. The Labute approximate surface area is 211 Å². The van der Waals surface area contributed by atoms with E-state index >= 15 is 0 Å². The van der Waals surface area contributed by atoms with Gasteiger partial charge in [0, 0.05) is 62.3 Å². The number of pyridine rings is 2. The van der Waals surface area contributed by atoms with Crippen molar-refractivity contribution in [3.63, 3.8) is 0 Å². The van der Waals surface area contributed by atoms with Crippen molar-refractivity contribution in [3.8, 4) is 5.88 Å². The van der Waals surface area contributed by atoms with E-state index in [-0.39, 0.29) is 0 Å². The topological polar surface area (TPSA) is 79.6 Å². The summed E-state index contributed by atoms with van der Waals surface area (Å²) in [7, 11) is 0. The molecule has 0 unspecified atom stereocenters. The first-order valence-corrected chi connectivity index (χ1v) is 12.8. The number of nitrogens with one attached hydrogen (secondary N) is 1. The van der Waals surface area contributed by atoms with Crippen molar-refractivity contribution >= 4 is 22.5 Å². The van der Waals surface area contributed by atoms with Crippen LogP contribution in [0.1, 0.15) is 24.1 Å². The molecule has 0 aliphatic carbocycles. The van der Waals surface area contributed by atoms with Gasteiger partial charge >= 0.3 is 0 Å². The summed E-state index contributed by atoms with van der Waals surface area (Å²) in [5.41, 5.74) is 4.02. The molecule has 3 aromatic heterocycles. The Hall–Kier alpha value is -3.65. The van der Waals surface area contributed by atoms with E-state index in [4.69, 9.17) is 14.2 Å². The molecular weight excluding hydrogens is 452 g/mol. The van der Waals surface area contributed by atoms with Gasteiger partial charge in [0.25, 0.3) is 0 Å². The Kier molecular flexibility index (Phi) is 6.42. The minimum atomic E-state index is 0.517. The molecule has 2 fully saturated rings. The van der Waals surface area contributed by atoms with Gasteiger partial charge < -0.3 is 19.5 Å². The van der Waals surface area contributed by atoms with Crippen molar-refractivity contribution in [1.29, 1.82) is 0 Å². The average molecular weight is 485 g/mol. The lowest BCUT2D eigenvalue weighted by Gasteiger charge is -2.46. The quantitative estimate of drug-likeness (QED) is 0.410. The molecule has 1 N–H and O–H groups in total. The molecule has 0 spiro atoms. The first-order valence-electron chi connectivity index (χ1n) is 12.8. The van der Waals surface area contributed by atoms with Gasteiger partial charge in [-0.05, 0) is 49.6 Å². The number of rotatable bonds is 7. The van der Waals surface area contributed by atoms with E-state index < -0.39 is 0 Å². The lowest BCUT2D eigenvalue weighted by Crippen LogP contribution is -2.57. The number of hydrogen-bond acceptors (Lipinski definition) is 8. The lowest BCUT2D eigenvalue weighted by molar-refractivity contribution is 0.0716. The molecule has 2 saturated heterocycles. The number of aryl methyl sites for hydroxylation is 1. The first-order chi connectivity index (χ1) is 17.7. The molecule has 2 atom stereocenters. The van der Waals surface area contributed by atoms with Crippen LogP contribution in [0.25, 0.3) is 11.0 Å². The van der Waals surface area contributed by atoms with Gasteiger partial charge in [0.2, 0.25) is 5.88 Å². The highest BCUT2D eigenvalue weighted by molar-refractivity contribution is 5.88. The monoisotopic (exact) mass is 484 g/mol. The minimum Gasteiger partial charge on any atom is -0.477 e. The predicted octanol–water partition coefficient (Wildman–Crippen LogP) is 4.52. The highest BCUT2D eigenvalue weighted by Gasteiger charge is 2.34. The first kappa shape index (κ1) is 22.8. The molecule has 186 valence electrons. The van der Waals surface area contributed by atoms with Crippen molar-refractivity contribution in [3.05, 3.63) is 72.2 Å². The van der Waals surface area contributed by atoms with Crippen molar-refractivity contribution < 1.29 is 9.26 Å². The van der Waals surface area contributed by atoms with E-state index in [2.05, 4.69) is 31.3 Å². The Morgan fingerprint density at radius 2 is 2.00 bits per heavy atom. The summed E-state index contributed by atoms with van der Waals surface area (Å²) < 4.78 is 11.7. The van der Waals surface area contributed by atoms with Crippen LogP contribution in [0.2, 0.25) is 0 Å². The fourth-order valence-corrected chi connectivity index (χ4v) is 5.38. The predicted molar refractivity (Wildman–Crippen MR) is 140 cm³/mol. The Balaban J connectivity index is 1.01. The van der Waals surface area contributed by atoms with Gasteiger partial charge in [-0.1, -0.05) is 23.4 Å². The smallest absolute Gasteiger partial charge is 0.213 e. The van der Waals surface area contributed by atoms with E-state index in [9.17, 15) is 0 Å². The summed E-state index contributed by atoms with van der Waals surface area (Å²) in [6.07, 6.45) is 5.99. The van der Waals surface area contributed by atoms with Gasteiger partial charge in [-0.25, -0.2) is 4.98 Å². The number of aromatic nitrogens is 3. The molecule has 4 aromatic rings. The summed E-state index contributed by atoms with van der Waals surface area (Å²) in [5, 5.41) is 8.92. The molecule has 5 heterocycles. The molecule has 2 aliphatic rings. The molecule has 8 nitrogen and oxygen atoms in total. The molecule has 0 amide bonds. The fraction of sp³-hybridized carbons (Fsp3) is 0.393. The molecule has 8 heteroatoms. The van der Waals surface area contributed by atoms with E-state index in [0.29, 0.717) is 31.0 Å². The third-order valence-electron chi connectivity index (χ3n) is 7.39. The average Bonchev–Trinajstić information content (AvgIpc) is 3.36. The van der Waals surface area contributed by atoms with Gasteiger partial charge in [-0.2, -0.15) is 0 Å². The van der Waals surface area contributed by atoms with Crippen LogP contribution in [0.5, 0.6) is 5.88 Å².